The number of carbonyl (C=O) groups excluding carboxylic acids is 1. The molecule has 1 aromatic rings. The summed E-state index contributed by atoms with van der Waals surface area (Å²) in [5, 5.41) is 3.25. The minimum absolute atomic E-state index is 0.152. The third-order valence-electron chi connectivity index (χ3n) is 4.80. The number of likely N-dealkylation sites (N-methyl/N-ethyl adjacent to an activating group) is 1. The summed E-state index contributed by atoms with van der Waals surface area (Å²) in [6.07, 6.45) is 8.65. The molecule has 20 heavy (non-hydrogen) atoms. The van der Waals surface area contributed by atoms with Crippen molar-refractivity contribution in [2.75, 3.05) is 14.2 Å². The van der Waals surface area contributed by atoms with Crippen LogP contribution in [0.5, 0.6) is 0 Å². The number of methoxy groups -OCH3 is 1. The lowest BCUT2D eigenvalue weighted by atomic mass is 9.92. The van der Waals surface area contributed by atoms with E-state index in [1.165, 1.54) is 31.3 Å². The van der Waals surface area contributed by atoms with Crippen LogP contribution in [0.15, 0.2) is 6.33 Å². The second kappa shape index (κ2) is 5.20. The Kier molecular flexibility index (Phi) is 3.54. The predicted octanol–water partition coefficient (Wildman–Crippen LogP) is 1.30. The van der Waals surface area contributed by atoms with Gasteiger partial charge in [-0.15, -0.1) is 0 Å². The van der Waals surface area contributed by atoms with Crippen LogP contribution in [0, 0.1) is 5.92 Å². The van der Waals surface area contributed by atoms with E-state index in [-0.39, 0.29) is 5.97 Å². The third kappa shape index (κ3) is 2.14. The molecule has 110 valence electrons. The maximum absolute atomic E-state index is 12.3. The summed E-state index contributed by atoms with van der Waals surface area (Å²) >= 11 is 0. The SMILES string of the molecule is CNC(Cn1cnc2c1CCCC2)(C(=O)OC)C1CC1. The van der Waals surface area contributed by atoms with Gasteiger partial charge >= 0.3 is 5.97 Å². The number of nitrogens with zero attached hydrogens (tertiary/aromatic N) is 2. The molecule has 3 rings (SSSR count). The molecule has 0 radical (unpaired) electrons. The van der Waals surface area contributed by atoms with Crippen molar-refractivity contribution < 1.29 is 9.53 Å². The second-order valence-electron chi connectivity index (χ2n) is 5.96. The summed E-state index contributed by atoms with van der Waals surface area (Å²) in [6, 6.07) is 0. The first-order valence-electron chi connectivity index (χ1n) is 7.51. The van der Waals surface area contributed by atoms with Gasteiger partial charge in [0.2, 0.25) is 0 Å². The number of fused-ring (bicyclic) bond motifs is 1. The van der Waals surface area contributed by atoms with Crippen molar-refractivity contribution in [1.29, 1.82) is 0 Å². The average molecular weight is 277 g/mol. The van der Waals surface area contributed by atoms with Crippen LogP contribution in [0.25, 0.3) is 0 Å². The van der Waals surface area contributed by atoms with Crippen LogP contribution >= 0.6 is 0 Å². The zero-order valence-electron chi connectivity index (χ0n) is 12.3. The normalized spacial score (nSPS) is 21.1. The first-order valence-corrected chi connectivity index (χ1v) is 7.51. The van der Waals surface area contributed by atoms with Gasteiger partial charge in [-0.25, -0.2) is 9.78 Å². The molecule has 5 nitrogen and oxygen atoms in total. The minimum Gasteiger partial charge on any atom is -0.468 e. The molecule has 0 aromatic carbocycles. The monoisotopic (exact) mass is 277 g/mol. The molecular weight excluding hydrogens is 254 g/mol. The number of rotatable bonds is 5. The van der Waals surface area contributed by atoms with E-state index in [0.29, 0.717) is 12.5 Å². The van der Waals surface area contributed by atoms with Gasteiger partial charge in [0.25, 0.3) is 0 Å². The Morgan fingerprint density at radius 2 is 2.25 bits per heavy atom. The van der Waals surface area contributed by atoms with Crippen molar-refractivity contribution in [2.24, 2.45) is 5.92 Å². The molecule has 1 aromatic heterocycles. The predicted molar refractivity (Wildman–Crippen MR) is 75.4 cm³/mol. The maximum Gasteiger partial charge on any atom is 0.328 e. The minimum atomic E-state index is -0.597. The molecule has 1 atom stereocenters. The molecule has 1 fully saturated rings. The summed E-state index contributed by atoms with van der Waals surface area (Å²) in [5.74, 6) is 0.224. The lowest BCUT2D eigenvalue weighted by molar-refractivity contribution is -0.150. The first kappa shape index (κ1) is 13.6. The highest BCUT2D eigenvalue weighted by Gasteiger charge is 2.51. The molecule has 2 aliphatic carbocycles. The number of ether oxygens (including phenoxy) is 1. The number of nitrogens with one attached hydrogen (secondary N) is 1. The molecule has 0 aliphatic heterocycles. The lowest BCUT2D eigenvalue weighted by Gasteiger charge is -2.32. The number of aryl methyl sites for hydroxylation is 1. The fourth-order valence-corrected chi connectivity index (χ4v) is 3.44. The molecular formula is C15H23N3O2. The number of aromatic nitrogens is 2. The van der Waals surface area contributed by atoms with Crippen molar-refractivity contribution in [3.05, 3.63) is 17.7 Å². The van der Waals surface area contributed by atoms with Crippen molar-refractivity contribution in [1.82, 2.24) is 14.9 Å². The number of carbonyl (C=O) groups is 1. The van der Waals surface area contributed by atoms with Gasteiger partial charge in [-0.05, 0) is 51.5 Å². The van der Waals surface area contributed by atoms with Gasteiger partial charge in [0.1, 0.15) is 5.54 Å². The Bertz CT molecular complexity index is 507. The summed E-state index contributed by atoms with van der Waals surface area (Å²) in [4.78, 5) is 16.8. The van der Waals surface area contributed by atoms with Crippen LogP contribution in [0.4, 0.5) is 0 Å². The standard InChI is InChI=1S/C15H23N3O2/c1-16-15(11-7-8-11,14(19)20-2)9-18-10-17-12-5-3-4-6-13(12)18/h10-11,16H,3-9H2,1-2H3. The van der Waals surface area contributed by atoms with E-state index in [1.54, 1.807) is 0 Å². The molecule has 0 spiro atoms. The number of hydrogen-bond donors (Lipinski definition) is 1. The highest BCUT2D eigenvalue weighted by molar-refractivity contribution is 5.81. The number of imidazole rings is 1. The maximum atomic E-state index is 12.3. The van der Waals surface area contributed by atoms with Crippen molar-refractivity contribution >= 4 is 5.97 Å². The summed E-state index contributed by atoms with van der Waals surface area (Å²) in [5.41, 5.74) is 1.92. The summed E-state index contributed by atoms with van der Waals surface area (Å²) in [6.45, 7) is 0.628. The van der Waals surface area contributed by atoms with E-state index in [0.717, 1.165) is 25.7 Å². The molecule has 0 bridgehead atoms. The van der Waals surface area contributed by atoms with Crippen molar-refractivity contribution in [3.8, 4) is 0 Å². The van der Waals surface area contributed by atoms with Crippen molar-refractivity contribution in [2.45, 2.75) is 50.6 Å². The lowest BCUT2D eigenvalue weighted by Crippen LogP contribution is -2.56. The van der Waals surface area contributed by atoms with E-state index in [2.05, 4.69) is 14.9 Å². The fourth-order valence-electron chi connectivity index (χ4n) is 3.44. The Balaban J connectivity index is 1.90. The largest absolute Gasteiger partial charge is 0.468 e. The van der Waals surface area contributed by atoms with Gasteiger partial charge in [-0.1, -0.05) is 0 Å². The first-order chi connectivity index (χ1) is 9.71. The topological polar surface area (TPSA) is 56.2 Å². The zero-order valence-corrected chi connectivity index (χ0v) is 12.3. The molecule has 5 heteroatoms. The van der Waals surface area contributed by atoms with Gasteiger partial charge in [-0.2, -0.15) is 0 Å². The van der Waals surface area contributed by atoms with Crippen LogP contribution in [-0.2, 0) is 28.9 Å². The quantitative estimate of drug-likeness (QED) is 0.824. The van der Waals surface area contributed by atoms with Gasteiger partial charge < -0.3 is 14.6 Å². The molecule has 0 amide bonds. The van der Waals surface area contributed by atoms with Gasteiger partial charge in [-0.3, -0.25) is 0 Å². The summed E-state index contributed by atoms with van der Waals surface area (Å²) < 4.78 is 7.23. The van der Waals surface area contributed by atoms with Crippen molar-refractivity contribution in [3.63, 3.8) is 0 Å². The number of esters is 1. The van der Waals surface area contributed by atoms with Crippen LogP contribution in [0.3, 0.4) is 0 Å². The van der Waals surface area contributed by atoms with Gasteiger partial charge in [0.15, 0.2) is 0 Å². The Morgan fingerprint density at radius 3 is 2.90 bits per heavy atom. The number of hydrogen-bond acceptors (Lipinski definition) is 4. The van der Waals surface area contributed by atoms with E-state index >= 15 is 0 Å². The van der Waals surface area contributed by atoms with E-state index < -0.39 is 5.54 Å². The molecule has 1 unspecified atom stereocenters. The van der Waals surface area contributed by atoms with Crippen LogP contribution < -0.4 is 5.32 Å². The van der Waals surface area contributed by atoms with E-state index in [4.69, 9.17) is 4.74 Å². The fraction of sp³-hybridized carbons (Fsp3) is 0.733. The smallest absolute Gasteiger partial charge is 0.328 e. The zero-order chi connectivity index (χ0) is 14.2. The highest BCUT2D eigenvalue weighted by Crippen LogP contribution is 2.41. The van der Waals surface area contributed by atoms with Crippen LogP contribution in [0.1, 0.15) is 37.1 Å². The van der Waals surface area contributed by atoms with E-state index in [1.807, 2.05) is 13.4 Å². The molecule has 1 heterocycles. The Labute approximate surface area is 119 Å². The van der Waals surface area contributed by atoms with Crippen LogP contribution in [0.2, 0.25) is 0 Å². The van der Waals surface area contributed by atoms with Gasteiger partial charge in [0, 0.05) is 5.69 Å². The molecule has 0 saturated heterocycles. The summed E-state index contributed by atoms with van der Waals surface area (Å²) in [7, 11) is 3.33. The molecule has 2 aliphatic rings. The third-order valence-corrected chi connectivity index (χ3v) is 4.80. The Hall–Kier alpha value is -1.36. The Morgan fingerprint density at radius 1 is 1.50 bits per heavy atom. The highest BCUT2D eigenvalue weighted by atomic mass is 16.5. The molecule has 1 saturated carbocycles. The van der Waals surface area contributed by atoms with Crippen LogP contribution in [-0.4, -0.2) is 35.2 Å². The van der Waals surface area contributed by atoms with E-state index in [9.17, 15) is 4.79 Å². The van der Waals surface area contributed by atoms with Gasteiger partial charge in [0.05, 0.1) is 25.7 Å². The molecule has 1 N–H and O–H groups in total. The second-order valence-corrected chi connectivity index (χ2v) is 5.96. The average Bonchev–Trinajstić information content (AvgIpc) is 3.27.